The van der Waals surface area contributed by atoms with Crippen LogP contribution < -0.4 is 9.47 Å². The first-order chi connectivity index (χ1) is 10.3. The van der Waals surface area contributed by atoms with Crippen LogP contribution in [0, 0.1) is 0 Å². The van der Waals surface area contributed by atoms with E-state index in [1.807, 2.05) is 36.4 Å². The highest BCUT2D eigenvalue weighted by Gasteiger charge is 2.01. The zero-order valence-corrected chi connectivity index (χ0v) is 12.9. The van der Waals surface area contributed by atoms with E-state index in [0.29, 0.717) is 11.5 Å². The van der Waals surface area contributed by atoms with E-state index in [1.165, 1.54) is 7.69 Å². The number of rotatable bonds is 8. The average molecular weight is 321 g/mol. The first-order valence-electron chi connectivity index (χ1n) is 6.14. The van der Waals surface area contributed by atoms with Gasteiger partial charge in [-0.25, -0.2) is 0 Å². The van der Waals surface area contributed by atoms with Crippen LogP contribution >= 0.6 is 25.3 Å². The molecule has 0 amide bonds. The summed E-state index contributed by atoms with van der Waals surface area (Å²) in [5.41, 5.74) is 0. The number of hydrogen-bond acceptors (Lipinski definition) is 6. The van der Waals surface area contributed by atoms with Crippen molar-refractivity contribution in [3.05, 3.63) is 48.5 Å². The van der Waals surface area contributed by atoms with Gasteiger partial charge in [0.2, 0.25) is 0 Å². The third-order valence-corrected chi connectivity index (χ3v) is 3.17. The van der Waals surface area contributed by atoms with E-state index in [2.05, 4.69) is 25.3 Å². The number of para-hydroxylation sites is 2. The van der Waals surface area contributed by atoms with Gasteiger partial charge in [0, 0.05) is 9.79 Å². The zero-order chi connectivity index (χ0) is 14.9. The van der Waals surface area contributed by atoms with Gasteiger partial charge in [-0.1, -0.05) is 24.3 Å². The van der Waals surface area contributed by atoms with E-state index in [4.69, 9.17) is 18.8 Å². The lowest BCUT2D eigenvalue weighted by Gasteiger charge is -2.10. The standard InChI is InChI=1S/C14H14BO4S2/c20-13-7-3-1-5-11(13)16-9-18-15-19-10-17-12-6-2-4-8-14(12)21/h1-8,20-21H,9-10H2. The lowest BCUT2D eigenvalue weighted by molar-refractivity contribution is 0.0582. The second-order valence-corrected chi connectivity index (χ2v) is 4.85. The predicted octanol–water partition coefficient (Wildman–Crippen LogP) is 3.20. The van der Waals surface area contributed by atoms with Crippen molar-refractivity contribution in [3.63, 3.8) is 0 Å². The van der Waals surface area contributed by atoms with Crippen LogP contribution in [0.3, 0.4) is 0 Å². The van der Waals surface area contributed by atoms with Gasteiger partial charge < -0.3 is 18.8 Å². The molecule has 0 aliphatic heterocycles. The molecular weight excluding hydrogens is 307 g/mol. The number of benzene rings is 2. The lowest BCUT2D eigenvalue weighted by Crippen LogP contribution is -2.13. The molecule has 0 spiro atoms. The highest BCUT2D eigenvalue weighted by molar-refractivity contribution is 7.80. The third-order valence-electron chi connectivity index (χ3n) is 2.43. The number of hydrogen-bond donors (Lipinski definition) is 2. The van der Waals surface area contributed by atoms with Crippen molar-refractivity contribution < 1.29 is 18.8 Å². The second-order valence-electron chi connectivity index (χ2n) is 3.89. The summed E-state index contributed by atoms with van der Waals surface area (Å²) in [6.45, 7) is 0.0570. The fourth-order valence-corrected chi connectivity index (χ4v) is 1.91. The van der Waals surface area contributed by atoms with E-state index >= 15 is 0 Å². The second kappa shape index (κ2) is 8.89. The van der Waals surface area contributed by atoms with Gasteiger partial charge in [0.1, 0.15) is 11.5 Å². The molecule has 1 radical (unpaired) electrons. The molecule has 21 heavy (non-hydrogen) atoms. The van der Waals surface area contributed by atoms with E-state index in [1.54, 1.807) is 12.1 Å². The Labute approximate surface area is 135 Å². The minimum atomic E-state index is 0.0285. The van der Waals surface area contributed by atoms with Crippen molar-refractivity contribution in [1.29, 1.82) is 0 Å². The van der Waals surface area contributed by atoms with Gasteiger partial charge in [-0.05, 0) is 24.3 Å². The van der Waals surface area contributed by atoms with Crippen molar-refractivity contribution in [1.82, 2.24) is 0 Å². The molecule has 0 aromatic heterocycles. The van der Waals surface area contributed by atoms with Crippen LogP contribution in [0.4, 0.5) is 0 Å². The normalized spacial score (nSPS) is 10.2. The fraction of sp³-hybridized carbons (Fsp3) is 0.143. The van der Waals surface area contributed by atoms with Gasteiger partial charge >= 0.3 is 7.69 Å². The van der Waals surface area contributed by atoms with Gasteiger partial charge in [-0.2, -0.15) is 0 Å². The maximum Gasteiger partial charge on any atom is 0.492 e. The first kappa shape index (κ1) is 16.1. The molecule has 0 saturated heterocycles. The largest absolute Gasteiger partial charge is 0.492 e. The Balaban J connectivity index is 1.57. The summed E-state index contributed by atoms with van der Waals surface area (Å²) in [6, 6.07) is 14.8. The highest BCUT2D eigenvalue weighted by Crippen LogP contribution is 2.21. The summed E-state index contributed by atoms with van der Waals surface area (Å²) in [7, 11) is 1.17. The Morgan fingerprint density at radius 2 is 1.14 bits per heavy atom. The number of ether oxygens (including phenoxy) is 2. The fourth-order valence-electron chi connectivity index (χ4n) is 1.46. The molecule has 0 unspecified atom stereocenters. The molecule has 0 atom stereocenters. The molecule has 7 heteroatoms. The van der Waals surface area contributed by atoms with Gasteiger partial charge in [0.25, 0.3) is 0 Å². The van der Waals surface area contributed by atoms with Crippen molar-refractivity contribution in [2.75, 3.05) is 13.6 Å². The van der Waals surface area contributed by atoms with Gasteiger partial charge in [-0.3, -0.25) is 0 Å². The number of thiol groups is 2. The lowest BCUT2D eigenvalue weighted by atomic mass is 10.3. The van der Waals surface area contributed by atoms with Crippen LogP contribution in [0.2, 0.25) is 0 Å². The minimum absolute atomic E-state index is 0.0285. The predicted molar refractivity (Wildman–Crippen MR) is 86.3 cm³/mol. The molecule has 4 nitrogen and oxygen atoms in total. The van der Waals surface area contributed by atoms with Crippen LogP contribution in [0.5, 0.6) is 11.5 Å². The summed E-state index contributed by atoms with van der Waals surface area (Å²) in [4.78, 5) is 1.49. The maximum atomic E-state index is 5.36. The third kappa shape index (κ3) is 5.55. The quantitative estimate of drug-likeness (QED) is 0.339. The van der Waals surface area contributed by atoms with E-state index < -0.39 is 0 Å². The molecule has 0 fully saturated rings. The van der Waals surface area contributed by atoms with Crippen LogP contribution in [0.15, 0.2) is 58.3 Å². The van der Waals surface area contributed by atoms with Crippen LogP contribution in [-0.2, 0) is 9.31 Å². The van der Waals surface area contributed by atoms with Crippen LogP contribution in [-0.4, -0.2) is 21.3 Å². The van der Waals surface area contributed by atoms with E-state index in [0.717, 1.165) is 9.79 Å². The highest BCUT2D eigenvalue weighted by atomic mass is 32.1. The molecular formula is C14H14BO4S2. The molecule has 109 valence electrons. The molecule has 0 heterocycles. The molecule has 0 saturated carbocycles. The van der Waals surface area contributed by atoms with Crippen molar-refractivity contribution >= 4 is 32.9 Å². The van der Waals surface area contributed by atoms with E-state index in [9.17, 15) is 0 Å². The molecule has 0 aliphatic rings. The molecule has 0 aliphatic carbocycles. The first-order valence-corrected chi connectivity index (χ1v) is 7.03. The Kier molecular flexibility index (Phi) is 6.82. The SMILES string of the molecule is Sc1ccccc1OCO[B]OCOc1ccccc1S. The van der Waals surface area contributed by atoms with Crippen molar-refractivity contribution in [2.45, 2.75) is 9.79 Å². The zero-order valence-electron chi connectivity index (χ0n) is 11.1. The molecule has 2 aromatic carbocycles. The van der Waals surface area contributed by atoms with Crippen molar-refractivity contribution in [2.24, 2.45) is 0 Å². The Morgan fingerprint density at radius 1 is 0.714 bits per heavy atom. The van der Waals surface area contributed by atoms with Gasteiger partial charge in [0.15, 0.2) is 13.6 Å². The van der Waals surface area contributed by atoms with Crippen molar-refractivity contribution in [3.8, 4) is 11.5 Å². The smallest absolute Gasteiger partial charge is 0.468 e. The Bertz CT molecular complexity index is 519. The monoisotopic (exact) mass is 321 g/mol. The Hall–Kier alpha value is -1.28. The molecule has 0 N–H and O–H groups in total. The topological polar surface area (TPSA) is 36.9 Å². The summed E-state index contributed by atoms with van der Waals surface area (Å²) >= 11 is 8.51. The molecule has 2 aromatic rings. The van der Waals surface area contributed by atoms with Crippen LogP contribution in [0.1, 0.15) is 0 Å². The summed E-state index contributed by atoms with van der Waals surface area (Å²) < 4.78 is 20.8. The summed E-state index contributed by atoms with van der Waals surface area (Å²) in [5, 5.41) is 0. The van der Waals surface area contributed by atoms with Crippen LogP contribution in [0.25, 0.3) is 0 Å². The Morgan fingerprint density at radius 3 is 1.57 bits per heavy atom. The summed E-state index contributed by atoms with van der Waals surface area (Å²) in [5.74, 6) is 1.30. The molecule has 0 bridgehead atoms. The summed E-state index contributed by atoms with van der Waals surface area (Å²) in [6.07, 6.45) is 0. The molecule has 2 rings (SSSR count). The minimum Gasteiger partial charge on any atom is -0.468 e. The maximum absolute atomic E-state index is 5.36. The van der Waals surface area contributed by atoms with Gasteiger partial charge in [0.05, 0.1) is 0 Å². The van der Waals surface area contributed by atoms with E-state index in [-0.39, 0.29) is 13.6 Å². The van der Waals surface area contributed by atoms with Gasteiger partial charge in [-0.15, -0.1) is 25.3 Å². The average Bonchev–Trinajstić information content (AvgIpc) is 2.50.